The molecule has 10 heteroatoms. The number of carbonyl (C=O) groups is 2. The van der Waals surface area contributed by atoms with Gasteiger partial charge in [0.05, 0.1) is 6.04 Å². The number of aliphatic carboxylic acids is 1. The maximum absolute atomic E-state index is 10.7. The van der Waals surface area contributed by atoms with E-state index in [2.05, 4.69) is 0 Å². The zero-order chi connectivity index (χ0) is 18.3. The van der Waals surface area contributed by atoms with Crippen molar-refractivity contribution in [3.63, 3.8) is 0 Å². The molecule has 2 rings (SSSR count). The van der Waals surface area contributed by atoms with Gasteiger partial charge in [-0.25, -0.2) is 9.59 Å². The van der Waals surface area contributed by atoms with Crippen LogP contribution in [0.25, 0.3) is 0 Å². The topological polar surface area (TPSA) is 114 Å². The molecule has 0 radical (unpaired) electrons. The van der Waals surface area contributed by atoms with Crippen molar-refractivity contribution in [1.29, 1.82) is 0 Å². The van der Waals surface area contributed by atoms with Crippen molar-refractivity contribution in [2.24, 2.45) is 5.73 Å². The Bertz CT molecular complexity index is 688. The molecule has 0 bridgehead atoms. The molecule has 0 aliphatic rings. The number of nitrogens with two attached hydrogens (primary N) is 1. The molecule has 0 unspecified atom stereocenters. The van der Waals surface area contributed by atoms with E-state index in [4.69, 9.17) is 25.2 Å². The van der Waals surface area contributed by atoms with E-state index in [1.165, 1.54) is 6.07 Å². The van der Waals surface area contributed by atoms with Crippen molar-refractivity contribution < 1.29 is 37.4 Å². The zero-order valence-corrected chi connectivity index (χ0v) is 13.7. The molecule has 0 amide bonds. The third-order valence-corrected chi connectivity index (χ3v) is 2.74. The van der Waals surface area contributed by atoms with Gasteiger partial charge in [0.25, 0.3) is 0 Å². The van der Waals surface area contributed by atoms with E-state index in [0.29, 0.717) is 12.2 Å². The van der Waals surface area contributed by atoms with Gasteiger partial charge in [-0.2, -0.15) is 26.7 Å². The first-order valence-corrected chi connectivity index (χ1v) is 6.54. The molecule has 4 N–H and O–H groups in total. The van der Waals surface area contributed by atoms with Crippen LogP contribution in [0.15, 0.2) is 46.9 Å². The molecule has 0 saturated carbocycles. The van der Waals surface area contributed by atoms with E-state index >= 15 is 0 Å². The molecular formula is C15H16F3NO5S. The van der Waals surface area contributed by atoms with Crippen LogP contribution in [-0.2, 0) is 11.2 Å². The van der Waals surface area contributed by atoms with Crippen molar-refractivity contribution in [1.82, 2.24) is 0 Å². The summed E-state index contributed by atoms with van der Waals surface area (Å²) >= 11 is 0. The summed E-state index contributed by atoms with van der Waals surface area (Å²) < 4.78 is 36.9. The van der Waals surface area contributed by atoms with Gasteiger partial charge < -0.3 is 20.4 Å². The molecule has 1 heterocycles. The molecule has 2 aromatic rings. The van der Waals surface area contributed by atoms with E-state index in [-0.39, 0.29) is 25.3 Å². The Kier molecular flexibility index (Phi) is 8.78. The van der Waals surface area contributed by atoms with Gasteiger partial charge in [-0.1, -0.05) is 30.3 Å². The highest BCUT2D eigenvalue weighted by atomic mass is 32.1. The monoisotopic (exact) mass is 379 g/mol. The van der Waals surface area contributed by atoms with Crippen LogP contribution in [0.1, 0.15) is 27.9 Å². The lowest BCUT2D eigenvalue weighted by molar-refractivity contribution is -0.192. The standard InChI is InChI=1S/C13H13NO3.C2HF3O2.H2S/c14-10(8-9-4-2-1-3-5-9)11-6-7-12(17-11)13(15)16;3-2(4,5)1(6)7;/h1-7,10H,8,14H2,(H,15,16);(H,6,7);1H2/t10-;;/m0../s1. The summed E-state index contributed by atoms with van der Waals surface area (Å²) in [5, 5.41) is 15.9. The summed E-state index contributed by atoms with van der Waals surface area (Å²) in [6.07, 6.45) is -4.46. The van der Waals surface area contributed by atoms with Gasteiger partial charge in [0, 0.05) is 0 Å². The number of carboxylic acid groups (broad SMARTS) is 2. The Morgan fingerprint density at radius 2 is 1.60 bits per heavy atom. The lowest BCUT2D eigenvalue weighted by atomic mass is 10.1. The summed E-state index contributed by atoms with van der Waals surface area (Å²) in [6, 6.07) is 12.5. The number of furan rings is 1. The molecule has 1 atom stereocenters. The van der Waals surface area contributed by atoms with E-state index in [9.17, 15) is 18.0 Å². The van der Waals surface area contributed by atoms with Gasteiger partial charge in [-0.05, 0) is 24.1 Å². The highest BCUT2D eigenvalue weighted by Gasteiger charge is 2.38. The minimum absolute atomic E-state index is 0. The van der Waals surface area contributed by atoms with Crippen LogP contribution in [-0.4, -0.2) is 28.3 Å². The maximum atomic E-state index is 10.7. The minimum Gasteiger partial charge on any atom is -0.475 e. The molecule has 0 spiro atoms. The largest absolute Gasteiger partial charge is 0.490 e. The second kappa shape index (κ2) is 9.74. The SMILES string of the molecule is N[C@@H](Cc1ccccc1)c1ccc(C(=O)O)o1.O=C(O)C(F)(F)F.S. The highest BCUT2D eigenvalue weighted by molar-refractivity contribution is 7.59. The van der Waals surface area contributed by atoms with E-state index < -0.39 is 18.1 Å². The van der Waals surface area contributed by atoms with Crippen molar-refractivity contribution in [3.8, 4) is 0 Å². The van der Waals surface area contributed by atoms with Gasteiger partial charge in [-0.15, -0.1) is 0 Å². The lowest BCUT2D eigenvalue weighted by Crippen LogP contribution is -2.21. The number of halogens is 3. The fourth-order valence-electron chi connectivity index (χ4n) is 1.64. The Balaban J connectivity index is 0.000000620. The predicted molar refractivity (Wildman–Crippen MR) is 86.8 cm³/mol. The molecule has 0 aliphatic carbocycles. The van der Waals surface area contributed by atoms with Gasteiger partial charge in [0.2, 0.25) is 5.76 Å². The number of hydrogen-bond acceptors (Lipinski definition) is 4. The highest BCUT2D eigenvalue weighted by Crippen LogP contribution is 2.18. The first-order valence-electron chi connectivity index (χ1n) is 6.54. The molecular weight excluding hydrogens is 363 g/mol. The normalized spacial score (nSPS) is 11.5. The first kappa shape index (κ1) is 22.5. The maximum Gasteiger partial charge on any atom is 0.490 e. The van der Waals surface area contributed by atoms with E-state index in [1.807, 2.05) is 30.3 Å². The fourth-order valence-corrected chi connectivity index (χ4v) is 1.64. The van der Waals surface area contributed by atoms with Crippen molar-refractivity contribution >= 4 is 25.4 Å². The quantitative estimate of drug-likeness (QED) is 0.753. The lowest BCUT2D eigenvalue weighted by Gasteiger charge is -2.08. The number of hydrogen-bond donors (Lipinski definition) is 3. The molecule has 1 aromatic carbocycles. The van der Waals surface area contributed by atoms with Gasteiger partial charge in [0.15, 0.2) is 0 Å². The summed E-state index contributed by atoms with van der Waals surface area (Å²) in [5.74, 6) is -3.43. The summed E-state index contributed by atoms with van der Waals surface area (Å²) in [6.45, 7) is 0. The van der Waals surface area contributed by atoms with Gasteiger partial charge in [0.1, 0.15) is 5.76 Å². The Morgan fingerprint density at radius 1 is 1.08 bits per heavy atom. The number of aromatic carboxylic acids is 1. The second-order valence-electron chi connectivity index (χ2n) is 4.61. The third-order valence-electron chi connectivity index (χ3n) is 2.74. The molecule has 0 aliphatic heterocycles. The van der Waals surface area contributed by atoms with Crippen LogP contribution in [0.4, 0.5) is 13.2 Å². The van der Waals surface area contributed by atoms with Gasteiger partial charge in [-0.3, -0.25) is 0 Å². The van der Waals surface area contributed by atoms with Crippen LogP contribution in [0.5, 0.6) is 0 Å². The van der Waals surface area contributed by atoms with Crippen molar-refractivity contribution in [3.05, 3.63) is 59.5 Å². The molecule has 25 heavy (non-hydrogen) atoms. The van der Waals surface area contributed by atoms with Crippen LogP contribution in [0.2, 0.25) is 0 Å². The average Bonchev–Trinajstić information content (AvgIpc) is 2.98. The molecule has 0 saturated heterocycles. The second-order valence-corrected chi connectivity index (χ2v) is 4.61. The average molecular weight is 379 g/mol. The first-order chi connectivity index (χ1) is 11.1. The zero-order valence-electron chi connectivity index (χ0n) is 12.7. The van der Waals surface area contributed by atoms with Crippen molar-refractivity contribution in [2.45, 2.75) is 18.6 Å². The Labute approximate surface area is 147 Å². The molecule has 138 valence electrons. The van der Waals surface area contributed by atoms with Crippen LogP contribution in [0, 0.1) is 0 Å². The smallest absolute Gasteiger partial charge is 0.475 e. The summed E-state index contributed by atoms with van der Waals surface area (Å²) in [4.78, 5) is 19.6. The fraction of sp³-hybridized carbons (Fsp3) is 0.200. The van der Waals surface area contributed by atoms with Crippen LogP contribution >= 0.6 is 13.5 Å². The van der Waals surface area contributed by atoms with Crippen molar-refractivity contribution in [2.75, 3.05) is 0 Å². The predicted octanol–water partition coefficient (Wildman–Crippen LogP) is 2.97. The van der Waals surface area contributed by atoms with Crippen LogP contribution < -0.4 is 5.73 Å². The number of benzene rings is 1. The molecule has 1 aromatic heterocycles. The number of rotatable bonds is 4. The Morgan fingerprint density at radius 3 is 2.00 bits per heavy atom. The molecule has 0 fully saturated rings. The third kappa shape index (κ3) is 7.77. The molecule has 6 nitrogen and oxygen atoms in total. The summed E-state index contributed by atoms with van der Waals surface area (Å²) in [7, 11) is 0. The van der Waals surface area contributed by atoms with Crippen LogP contribution in [0.3, 0.4) is 0 Å². The minimum atomic E-state index is -5.08. The number of alkyl halides is 3. The number of carboxylic acids is 2. The van der Waals surface area contributed by atoms with E-state index in [0.717, 1.165) is 5.56 Å². The van der Waals surface area contributed by atoms with Gasteiger partial charge >= 0.3 is 18.1 Å². The summed E-state index contributed by atoms with van der Waals surface area (Å²) in [5.41, 5.74) is 7.04. The van der Waals surface area contributed by atoms with E-state index in [1.54, 1.807) is 6.07 Å². The Hall–Kier alpha value is -2.46.